The van der Waals surface area contributed by atoms with E-state index in [0.29, 0.717) is 0 Å². The van der Waals surface area contributed by atoms with Gasteiger partial charge in [0, 0.05) is 30.8 Å². The molecule has 2 aliphatic heterocycles. The van der Waals surface area contributed by atoms with Gasteiger partial charge in [0.2, 0.25) is 5.91 Å². The first-order valence-electron chi connectivity index (χ1n) is 11.5. The van der Waals surface area contributed by atoms with Gasteiger partial charge in [-0.05, 0) is 49.2 Å². The molecule has 0 aromatic heterocycles. The molecule has 10 heteroatoms. The summed E-state index contributed by atoms with van der Waals surface area (Å²) in [7, 11) is 0. The lowest BCUT2D eigenvalue weighted by Crippen LogP contribution is -2.29. The molecule has 0 radical (unpaired) electrons. The van der Waals surface area contributed by atoms with E-state index in [0.717, 1.165) is 27.8 Å². The van der Waals surface area contributed by atoms with Crippen molar-refractivity contribution in [2.24, 2.45) is 5.92 Å². The summed E-state index contributed by atoms with van der Waals surface area (Å²) in [6.07, 6.45) is -0.00597. The molecule has 3 aromatic carbocycles. The number of ether oxygens (including phenoxy) is 1. The molecule has 0 aliphatic carbocycles. The van der Waals surface area contributed by atoms with Crippen LogP contribution in [0, 0.1) is 29.9 Å². The van der Waals surface area contributed by atoms with E-state index in [2.05, 4.69) is 0 Å². The molecule has 1 saturated heterocycles. The van der Waals surface area contributed by atoms with E-state index in [4.69, 9.17) is 4.74 Å². The Bertz CT molecular complexity index is 1510. The normalized spacial score (nSPS) is 16.8. The Morgan fingerprint density at radius 3 is 2.49 bits per heavy atom. The Labute approximate surface area is 211 Å². The molecule has 3 aromatic rings. The highest BCUT2D eigenvalue weighted by molar-refractivity contribution is 6.35. The average Bonchev–Trinajstić information content (AvgIpc) is 3.38. The number of hydrogen-bond acceptors (Lipinski definition) is 7. The zero-order chi connectivity index (χ0) is 26.4. The maximum Gasteiger partial charge on any atom is 0.316 e. The van der Waals surface area contributed by atoms with Crippen molar-refractivity contribution in [3.8, 4) is 5.75 Å². The zero-order valence-electron chi connectivity index (χ0n) is 20.0. The van der Waals surface area contributed by atoms with Crippen molar-refractivity contribution in [3.63, 3.8) is 0 Å². The summed E-state index contributed by atoms with van der Waals surface area (Å²) >= 11 is 0. The second-order valence-corrected chi connectivity index (χ2v) is 8.95. The topological polar surface area (TPSA) is 127 Å². The lowest BCUT2D eigenvalue weighted by atomic mass is 10.1. The molecule has 5 rings (SSSR count). The quantitative estimate of drug-likeness (QED) is 0.171. The molecule has 1 fully saturated rings. The molecule has 10 nitrogen and oxygen atoms in total. The minimum Gasteiger partial charge on any atom is -0.426 e. The van der Waals surface area contributed by atoms with Crippen LogP contribution in [0.3, 0.4) is 0 Å². The second-order valence-electron chi connectivity index (χ2n) is 8.95. The van der Waals surface area contributed by atoms with E-state index in [-0.39, 0.29) is 41.4 Å². The number of nitrogens with zero attached hydrogens (tertiary/aromatic N) is 3. The smallest absolute Gasteiger partial charge is 0.316 e. The van der Waals surface area contributed by atoms with Crippen molar-refractivity contribution in [2.45, 2.75) is 20.3 Å². The summed E-state index contributed by atoms with van der Waals surface area (Å²) in [5, 5.41) is 11.4. The molecule has 0 N–H and O–H groups in total. The van der Waals surface area contributed by atoms with Crippen LogP contribution in [0.25, 0.3) is 0 Å². The van der Waals surface area contributed by atoms with Gasteiger partial charge in [-0.3, -0.25) is 29.3 Å². The SMILES string of the molecule is Cc1cccc(N2C[C@@H](C(=O)Oc3cccc(N4C(=O)c5cccc([N+](=O)[O-])c5C4=O)c3)CC2=O)c1C. The zero-order valence-corrected chi connectivity index (χ0v) is 20.0. The third-order valence-corrected chi connectivity index (χ3v) is 6.71. The Morgan fingerprint density at radius 1 is 1.00 bits per heavy atom. The van der Waals surface area contributed by atoms with Crippen LogP contribution in [0.4, 0.5) is 17.1 Å². The molecular formula is C27H21N3O7. The van der Waals surface area contributed by atoms with Crippen LogP contribution in [0.1, 0.15) is 38.3 Å². The monoisotopic (exact) mass is 499 g/mol. The fourth-order valence-electron chi connectivity index (χ4n) is 4.67. The molecule has 0 unspecified atom stereocenters. The van der Waals surface area contributed by atoms with E-state index in [1.165, 1.54) is 36.4 Å². The van der Waals surface area contributed by atoms with Gasteiger partial charge in [-0.15, -0.1) is 0 Å². The molecule has 2 aliphatic rings. The van der Waals surface area contributed by atoms with Crippen molar-refractivity contribution >= 4 is 40.8 Å². The molecule has 1 atom stereocenters. The molecular weight excluding hydrogens is 478 g/mol. The molecule has 186 valence electrons. The number of nitro benzene ring substituents is 1. The Balaban J connectivity index is 1.35. The number of esters is 1. The first kappa shape index (κ1) is 23.9. The van der Waals surface area contributed by atoms with Crippen LogP contribution >= 0.6 is 0 Å². The van der Waals surface area contributed by atoms with E-state index in [9.17, 15) is 29.3 Å². The van der Waals surface area contributed by atoms with E-state index < -0.39 is 34.3 Å². The van der Waals surface area contributed by atoms with Gasteiger partial charge in [-0.1, -0.05) is 24.3 Å². The summed E-state index contributed by atoms with van der Waals surface area (Å²) in [4.78, 5) is 64.6. The maximum atomic E-state index is 13.0. The number of rotatable bonds is 5. The van der Waals surface area contributed by atoms with Crippen molar-refractivity contribution in [1.82, 2.24) is 0 Å². The molecule has 3 amide bonds. The van der Waals surface area contributed by atoms with Crippen molar-refractivity contribution in [3.05, 3.63) is 93.0 Å². The van der Waals surface area contributed by atoms with Crippen molar-refractivity contribution in [1.29, 1.82) is 0 Å². The Kier molecular flexibility index (Phi) is 5.79. The predicted octanol–water partition coefficient (Wildman–Crippen LogP) is 3.97. The van der Waals surface area contributed by atoms with Gasteiger partial charge in [0.25, 0.3) is 17.5 Å². The molecule has 0 saturated carbocycles. The van der Waals surface area contributed by atoms with E-state index in [1.807, 2.05) is 32.0 Å². The summed E-state index contributed by atoms with van der Waals surface area (Å²) < 4.78 is 5.52. The predicted molar refractivity (Wildman–Crippen MR) is 133 cm³/mol. The molecule has 37 heavy (non-hydrogen) atoms. The van der Waals surface area contributed by atoms with Crippen LogP contribution in [0.15, 0.2) is 60.7 Å². The lowest BCUT2D eigenvalue weighted by Gasteiger charge is -2.20. The van der Waals surface area contributed by atoms with Crippen LogP contribution in [-0.4, -0.2) is 35.2 Å². The van der Waals surface area contributed by atoms with Gasteiger partial charge in [0.05, 0.1) is 22.1 Å². The number of carbonyl (C=O) groups excluding carboxylic acids is 4. The van der Waals surface area contributed by atoms with Gasteiger partial charge < -0.3 is 9.64 Å². The summed E-state index contributed by atoms with van der Waals surface area (Å²) in [5.41, 5.74) is 2.03. The Hall–Kier alpha value is -4.86. The molecule has 0 bridgehead atoms. The number of fused-ring (bicyclic) bond motifs is 1. The minimum atomic E-state index is -0.832. The first-order valence-corrected chi connectivity index (χ1v) is 11.5. The van der Waals surface area contributed by atoms with Gasteiger partial charge in [0.15, 0.2) is 0 Å². The standard InChI is InChI=1S/C27H21N3O7/c1-15-6-3-10-21(16(15)2)28-14-17(12-23(28)31)27(34)37-19-8-4-7-18(13-19)29-25(32)20-9-5-11-22(30(35)36)24(20)26(29)33/h3-11,13,17H,12,14H2,1-2H3/t17-/m0/s1. The number of aryl methyl sites for hydroxylation is 1. The van der Waals surface area contributed by atoms with Crippen LogP contribution < -0.4 is 14.5 Å². The van der Waals surface area contributed by atoms with Gasteiger partial charge in [-0.25, -0.2) is 4.90 Å². The number of amides is 3. The minimum absolute atomic E-state index is 0.00597. The summed E-state index contributed by atoms with van der Waals surface area (Å²) in [6, 6.07) is 15.3. The van der Waals surface area contributed by atoms with Gasteiger partial charge in [-0.2, -0.15) is 0 Å². The number of carbonyl (C=O) groups is 4. The number of benzene rings is 3. The van der Waals surface area contributed by atoms with Crippen LogP contribution in [-0.2, 0) is 9.59 Å². The highest BCUT2D eigenvalue weighted by Crippen LogP contribution is 2.35. The number of anilines is 2. The van der Waals surface area contributed by atoms with Crippen molar-refractivity contribution < 1.29 is 28.8 Å². The first-order chi connectivity index (χ1) is 17.7. The van der Waals surface area contributed by atoms with Crippen LogP contribution in [0.2, 0.25) is 0 Å². The second kappa shape index (κ2) is 8.98. The lowest BCUT2D eigenvalue weighted by molar-refractivity contribution is -0.385. The van der Waals surface area contributed by atoms with E-state index >= 15 is 0 Å². The fraction of sp³-hybridized carbons (Fsp3) is 0.185. The van der Waals surface area contributed by atoms with Crippen LogP contribution in [0.5, 0.6) is 5.75 Å². The molecule has 2 heterocycles. The van der Waals surface area contributed by atoms with Gasteiger partial charge >= 0.3 is 5.97 Å². The summed E-state index contributed by atoms with van der Waals surface area (Å²) in [6.45, 7) is 4.04. The maximum absolute atomic E-state index is 13.0. The highest BCUT2D eigenvalue weighted by Gasteiger charge is 2.42. The largest absolute Gasteiger partial charge is 0.426 e. The number of imide groups is 1. The van der Waals surface area contributed by atoms with E-state index in [1.54, 1.807) is 4.90 Å². The number of nitro groups is 1. The average molecular weight is 499 g/mol. The highest BCUT2D eigenvalue weighted by atomic mass is 16.6. The fourth-order valence-corrected chi connectivity index (χ4v) is 4.67. The van der Waals surface area contributed by atoms with Crippen molar-refractivity contribution in [2.75, 3.05) is 16.3 Å². The number of hydrogen-bond donors (Lipinski definition) is 0. The van der Waals surface area contributed by atoms with Gasteiger partial charge in [0.1, 0.15) is 11.3 Å². The molecule has 0 spiro atoms. The Morgan fingerprint density at radius 2 is 1.73 bits per heavy atom. The summed E-state index contributed by atoms with van der Waals surface area (Å²) in [5.74, 6) is -2.96. The third-order valence-electron chi connectivity index (χ3n) is 6.71. The third kappa shape index (κ3) is 4.02.